The van der Waals surface area contributed by atoms with E-state index in [9.17, 15) is 10.1 Å². The van der Waals surface area contributed by atoms with E-state index in [0.717, 1.165) is 11.3 Å². The minimum Gasteiger partial charge on any atom is -0.326 e. The normalized spacial score (nSPS) is 10.3. The Kier molecular flexibility index (Phi) is 6.94. The summed E-state index contributed by atoms with van der Waals surface area (Å²) in [6.45, 7) is 0. The summed E-state index contributed by atoms with van der Waals surface area (Å²) in [4.78, 5) is 16.7. The van der Waals surface area contributed by atoms with Crippen LogP contribution in [0, 0.1) is 11.3 Å². The number of nitriles is 1. The van der Waals surface area contributed by atoms with Crippen molar-refractivity contribution in [2.75, 3.05) is 11.1 Å². The molecule has 1 heterocycles. The second-order valence-corrected chi connectivity index (χ2v) is 7.78. The number of halogens is 2. The molecule has 2 aromatic carbocycles. The number of pyridine rings is 1. The molecule has 0 saturated carbocycles. The molecule has 0 fully saturated rings. The van der Waals surface area contributed by atoms with Crippen LogP contribution in [-0.2, 0) is 4.79 Å². The van der Waals surface area contributed by atoms with Crippen molar-refractivity contribution in [2.24, 2.45) is 0 Å². The van der Waals surface area contributed by atoms with E-state index < -0.39 is 0 Å². The highest BCUT2D eigenvalue weighted by Gasteiger charge is 2.10. The van der Waals surface area contributed by atoms with E-state index in [1.165, 1.54) is 11.8 Å². The van der Waals surface area contributed by atoms with Gasteiger partial charge >= 0.3 is 0 Å². The first-order valence-electron chi connectivity index (χ1n) is 8.40. The average Bonchev–Trinajstić information content (AvgIpc) is 2.70. The van der Waals surface area contributed by atoms with Gasteiger partial charge in [-0.05, 0) is 48.5 Å². The van der Waals surface area contributed by atoms with Gasteiger partial charge in [0.25, 0.3) is 0 Å². The van der Waals surface area contributed by atoms with Crippen LogP contribution in [-0.4, -0.2) is 16.6 Å². The van der Waals surface area contributed by atoms with E-state index in [-0.39, 0.29) is 5.91 Å². The van der Waals surface area contributed by atoms with E-state index in [2.05, 4.69) is 16.4 Å². The molecule has 0 aliphatic heterocycles. The van der Waals surface area contributed by atoms with Crippen molar-refractivity contribution in [3.8, 4) is 17.3 Å². The summed E-state index contributed by atoms with van der Waals surface area (Å²) >= 11 is 13.2. The quantitative estimate of drug-likeness (QED) is 0.486. The first-order chi connectivity index (χ1) is 13.5. The number of nitrogens with one attached hydrogen (secondary N) is 1. The smallest absolute Gasteiger partial charge is 0.225 e. The number of carbonyl (C=O) groups is 1. The van der Waals surface area contributed by atoms with Crippen LogP contribution in [0.4, 0.5) is 5.69 Å². The summed E-state index contributed by atoms with van der Waals surface area (Å²) in [5, 5.41) is 14.0. The lowest BCUT2D eigenvalue weighted by molar-refractivity contribution is -0.115. The maximum Gasteiger partial charge on any atom is 0.225 e. The molecule has 28 heavy (non-hydrogen) atoms. The fourth-order valence-corrected chi connectivity index (χ4v) is 3.58. The van der Waals surface area contributed by atoms with Crippen LogP contribution in [0.15, 0.2) is 65.7 Å². The SMILES string of the molecule is N#Cc1ccc(-c2ccc(Cl)cc2)nc1SCCC(=O)Nc1ccc(Cl)cc1. The summed E-state index contributed by atoms with van der Waals surface area (Å²) in [5.41, 5.74) is 2.85. The lowest BCUT2D eigenvalue weighted by atomic mass is 10.1. The number of hydrogen-bond donors (Lipinski definition) is 1. The summed E-state index contributed by atoms with van der Waals surface area (Å²) in [5.74, 6) is 0.396. The molecule has 1 amide bonds. The molecular weight excluding hydrogens is 413 g/mol. The number of aromatic nitrogens is 1. The van der Waals surface area contributed by atoms with Gasteiger partial charge in [0, 0.05) is 33.5 Å². The van der Waals surface area contributed by atoms with Crippen LogP contribution >= 0.6 is 35.0 Å². The highest BCUT2D eigenvalue weighted by molar-refractivity contribution is 7.99. The number of rotatable bonds is 6. The van der Waals surface area contributed by atoms with Gasteiger partial charge in [-0.15, -0.1) is 11.8 Å². The molecule has 3 aromatic rings. The van der Waals surface area contributed by atoms with Crippen molar-refractivity contribution < 1.29 is 4.79 Å². The predicted molar refractivity (Wildman–Crippen MR) is 115 cm³/mol. The zero-order valence-electron chi connectivity index (χ0n) is 14.7. The van der Waals surface area contributed by atoms with Crippen LogP contribution in [0.1, 0.15) is 12.0 Å². The topological polar surface area (TPSA) is 65.8 Å². The van der Waals surface area contributed by atoms with E-state index >= 15 is 0 Å². The Morgan fingerprint density at radius 3 is 2.29 bits per heavy atom. The van der Waals surface area contributed by atoms with Crippen molar-refractivity contribution in [2.45, 2.75) is 11.4 Å². The molecule has 0 aliphatic rings. The van der Waals surface area contributed by atoms with Gasteiger partial charge in [0.2, 0.25) is 5.91 Å². The molecule has 0 unspecified atom stereocenters. The molecule has 0 radical (unpaired) electrons. The zero-order valence-corrected chi connectivity index (χ0v) is 17.0. The van der Waals surface area contributed by atoms with Crippen molar-refractivity contribution in [3.63, 3.8) is 0 Å². The summed E-state index contributed by atoms with van der Waals surface area (Å²) in [6.07, 6.45) is 0.297. The molecule has 0 atom stereocenters. The number of anilines is 1. The lowest BCUT2D eigenvalue weighted by Gasteiger charge is -2.08. The Balaban J connectivity index is 1.63. The summed E-state index contributed by atoms with van der Waals surface area (Å²) in [6, 6.07) is 20.0. The van der Waals surface area contributed by atoms with Crippen molar-refractivity contribution in [1.82, 2.24) is 4.98 Å². The Labute approximate surface area is 177 Å². The van der Waals surface area contributed by atoms with Gasteiger partial charge in [-0.1, -0.05) is 35.3 Å². The van der Waals surface area contributed by atoms with E-state index in [4.69, 9.17) is 23.2 Å². The van der Waals surface area contributed by atoms with Gasteiger partial charge in [-0.2, -0.15) is 5.26 Å². The van der Waals surface area contributed by atoms with Gasteiger partial charge in [0.1, 0.15) is 11.1 Å². The third kappa shape index (κ3) is 5.49. The number of thioether (sulfide) groups is 1. The standard InChI is InChI=1S/C21H15Cl2N3OS/c22-16-4-1-14(2-5-16)19-10-3-15(13-24)21(26-19)28-12-11-20(27)25-18-8-6-17(23)7-9-18/h1-10H,11-12H2,(H,25,27). The Morgan fingerprint density at radius 2 is 1.64 bits per heavy atom. The minimum absolute atomic E-state index is 0.109. The predicted octanol–water partition coefficient (Wildman–Crippen LogP) is 6.05. The molecule has 7 heteroatoms. The monoisotopic (exact) mass is 427 g/mol. The molecule has 140 valence electrons. The molecule has 0 saturated heterocycles. The number of carbonyl (C=O) groups excluding carboxylic acids is 1. The van der Waals surface area contributed by atoms with E-state index in [0.29, 0.717) is 38.5 Å². The van der Waals surface area contributed by atoms with Crippen molar-refractivity contribution in [1.29, 1.82) is 5.26 Å². The summed E-state index contributed by atoms with van der Waals surface area (Å²) < 4.78 is 0. The van der Waals surface area contributed by atoms with Crippen LogP contribution in [0.5, 0.6) is 0 Å². The lowest BCUT2D eigenvalue weighted by Crippen LogP contribution is -2.12. The first-order valence-corrected chi connectivity index (χ1v) is 10.1. The second kappa shape index (κ2) is 9.61. The number of amides is 1. The summed E-state index contributed by atoms with van der Waals surface area (Å²) in [7, 11) is 0. The Morgan fingerprint density at radius 1 is 1.00 bits per heavy atom. The van der Waals surface area contributed by atoms with Crippen molar-refractivity contribution >= 4 is 46.6 Å². The van der Waals surface area contributed by atoms with Crippen LogP contribution < -0.4 is 5.32 Å². The van der Waals surface area contributed by atoms with Crippen LogP contribution in [0.25, 0.3) is 11.3 Å². The number of benzene rings is 2. The molecular formula is C21H15Cl2N3OS. The maximum absolute atomic E-state index is 12.1. The van der Waals surface area contributed by atoms with Gasteiger partial charge < -0.3 is 5.32 Å². The highest BCUT2D eigenvalue weighted by Crippen LogP contribution is 2.26. The molecule has 0 bridgehead atoms. The van der Waals surface area contributed by atoms with Gasteiger partial charge in [-0.25, -0.2) is 4.98 Å². The van der Waals surface area contributed by atoms with Crippen molar-refractivity contribution in [3.05, 3.63) is 76.3 Å². The fraction of sp³-hybridized carbons (Fsp3) is 0.0952. The maximum atomic E-state index is 12.1. The Bertz CT molecular complexity index is 1020. The van der Waals surface area contributed by atoms with E-state index in [1.807, 2.05) is 12.1 Å². The number of hydrogen-bond acceptors (Lipinski definition) is 4. The first kappa shape index (κ1) is 20.2. The largest absolute Gasteiger partial charge is 0.326 e. The van der Waals surface area contributed by atoms with Crippen LogP contribution in [0.2, 0.25) is 10.0 Å². The molecule has 0 spiro atoms. The van der Waals surface area contributed by atoms with Gasteiger partial charge in [-0.3, -0.25) is 4.79 Å². The zero-order chi connectivity index (χ0) is 19.9. The van der Waals surface area contributed by atoms with Gasteiger partial charge in [0.15, 0.2) is 0 Å². The number of nitrogens with zero attached hydrogens (tertiary/aromatic N) is 2. The average molecular weight is 428 g/mol. The molecule has 4 nitrogen and oxygen atoms in total. The fourth-order valence-electron chi connectivity index (χ4n) is 2.41. The highest BCUT2D eigenvalue weighted by atomic mass is 35.5. The molecule has 0 aliphatic carbocycles. The molecule has 3 rings (SSSR count). The molecule has 1 aromatic heterocycles. The third-order valence-electron chi connectivity index (χ3n) is 3.82. The van der Waals surface area contributed by atoms with Gasteiger partial charge in [0.05, 0.1) is 11.3 Å². The van der Waals surface area contributed by atoms with E-state index in [1.54, 1.807) is 48.5 Å². The third-order valence-corrected chi connectivity index (χ3v) is 5.31. The minimum atomic E-state index is -0.109. The molecule has 1 N–H and O–H groups in total. The second-order valence-electron chi connectivity index (χ2n) is 5.82. The Hall–Kier alpha value is -2.52. The van der Waals surface area contributed by atoms with Crippen LogP contribution in [0.3, 0.4) is 0 Å².